The molecule has 0 amide bonds. The van der Waals surface area contributed by atoms with E-state index in [4.69, 9.17) is 18.9 Å². The van der Waals surface area contributed by atoms with Crippen LogP contribution in [0.15, 0.2) is 122 Å². The van der Waals surface area contributed by atoms with E-state index in [-0.39, 0.29) is 56.1 Å². The first-order chi connectivity index (χ1) is 20.1. The summed E-state index contributed by atoms with van der Waals surface area (Å²) in [5.41, 5.74) is 6.38. The number of ether oxygens (including phenoxy) is 4. The molecule has 0 spiro atoms. The van der Waals surface area contributed by atoms with Gasteiger partial charge < -0.3 is 18.9 Å². The third-order valence-corrected chi connectivity index (χ3v) is 7.05. The smallest absolute Gasteiger partial charge is 0.330 e. The maximum Gasteiger partial charge on any atom is 0.330 e. The quantitative estimate of drug-likeness (QED) is 0.0799. The molecule has 4 aromatic rings. The number of carbonyl (C=O) groups is 2. The molecule has 0 bridgehead atoms. The highest BCUT2D eigenvalue weighted by Crippen LogP contribution is 2.56. The average Bonchev–Trinajstić information content (AvgIpc) is 3.33. The molecule has 0 saturated heterocycles. The van der Waals surface area contributed by atoms with Gasteiger partial charge in [0, 0.05) is 12.2 Å². The molecule has 0 fully saturated rings. The van der Waals surface area contributed by atoms with Crippen molar-refractivity contribution in [2.45, 2.75) is 35.1 Å². The van der Waals surface area contributed by atoms with E-state index in [1.807, 2.05) is 24.3 Å². The van der Waals surface area contributed by atoms with E-state index in [2.05, 4.69) is 86.0 Å². The van der Waals surface area contributed by atoms with E-state index in [0.29, 0.717) is 11.5 Å². The summed E-state index contributed by atoms with van der Waals surface area (Å²) in [5.74, 6) is 0.409. The van der Waals surface area contributed by atoms with E-state index in [1.165, 1.54) is 22.3 Å². The second-order valence-electron chi connectivity index (χ2n) is 9.33. The number of benzene rings is 4. The maximum absolute atomic E-state index is 11.3. The first kappa shape index (κ1) is 37.9. The first-order valence-corrected chi connectivity index (χ1v) is 13.3. The van der Waals surface area contributed by atoms with Gasteiger partial charge in [0.1, 0.15) is 37.9 Å². The molecule has 6 heteroatoms. The molecule has 0 saturated carbocycles. The van der Waals surface area contributed by atoms with Gasteiger partial charge in [0.25, 0.3) is 0 Å². The molecule has 1 aliphatic carbocycles. The Morgan fingerprint density at radius 2 is 0.889 bits per heavy atom. The van der Waals surface area contributed by atoms with Crippen LogP contribution in [0.2, 0.25) is 0 Å². The molecule has 0 aromatic heterocycles. The summed E-state index contributed by atoms with van der Waals surface area (Å²) in [5, 5.41) is 0. The van der Waals surface area contributed by atoms with Crippen LogP contribution in [-0.2, 0) is 24.5 Å². The Labute approximate surface area is 268 Å². The van der Waals surface area contributed by atoms with E-state index in [1.54, 1.807) is 0 Å². The second kappa shape index (κ2) is 17.3. The van der Waals surface area contributed by atoms with Crippen LogP contribution in [-0.4, -0.2) is 38.4 Å². The fraction of sp³-hybridized carbons (Fsp3) is 0.231. The largest absolute Gasteiger partial charge is 0.490 e. The molecular formula is C39H46O6. The third kappa shape index (κ3) is 7.71. The Kier molecular flexibility index (Phi) is 14.5. The molecule has 238 valence electrons. The molecule has 1 aliphatic rings. The highest BCUT2D eigenvalue weighted by Gasteiger charge is 2.45. The maximum atomic E-state index is 11.3. The average molecular weight is 611 g/mol. The lowest BCUT2D eigenvalue weighted by molar-refractivity contribution is -0.139. The van der Waals surface area contributed by atoms with Gasteiger partial charge in [0.2, 0.25) is 0 Å². The molecule has 0 atom stereocenters. The lowest BCUT2D eigenvalue weighted by Gasteiger charge is -2.34. The molecule has 0 radical (unpaired) electrons. The number of rotatable bonds is 12. The Morgan fingerprint density at radius 3 is 1.24 bits per heavy atom. The number of fused-ring (bicyclic) bond motifs is 3. The molecule has 0 unspecified atom stereocenters. The summed E-state index contributed by atoms with van der Waals surface area (Å²) in [6.45, 7) is 7.56. The highest BCUT2D eigenvalue weighted by molar-refractivity contribution is 5.86. The molecule has 45 heavy (non-hydrogen) atoms. The predicted octanol–water partition coefficient (Wildman–Crippen LogP) is 8.81. The van der Waals surface area contributed by atoms with Crippen molar-refractivity contribution in [3.05, 3.63) is 145 Å². The van der Waals surface area contributed by atoms with Crippen molar-refractivity contribution in [1.82, 2.24) is 0 Å². The molecule has 0 aliphatic heterocycles. The summed E-state index contributed by atoms with van der Waals surface area (Å²) >= 11 is 0. The van der Waals surface area contributed by atoms with Gasteiger partial charge in [-0.3, -0.25) is 0 Å². The minimum Gasteiger partial charge on any atom is -0.490 e. The fourth-order valence-corrected chi connectivity index (χ4v) is 5.35. The van der Waals surface area contributed by atoms with Crippen molar-refractivity contribution in [2.24, 2.45) is 0 Å². The van der Waals surface area contributed by atoms with Crippen LogP contribution >= 0.6 is 0 Å². The number of hydrogen-bond donors (Lipinski definition) is 0. The van der Waals surface area contributed by atoms with E-state index in [9.17, 15) is 9.59 Å². The normalized spacial score (nSPS) is 11.3. The Morgan fingerprint density at radius 1 is 0.533 bits per heavy atom. The van der Waals surface area contributed by atoms with Crippen molar-refractivity contribution in [1.29, 1.82) is 0 Å². The van der Waals surface area contributed by atoms with Crippen molar-refractivity contribution in [3.8, 4) is 22.6 Å². The van der Waals surface area contributed by atoms with Crippen LogP contribution in [0.1, 0.15) is 52.0 Å². The SMILES string of the molecule is C.C.C.C.C=CC(=O)OCCOc1ccc(C2(c3ccc(OCCOC(=O)C=C)cc3)c3ccccc3-c3ccccc32)cc1. The topological polar surface area (TPSA) is 71.1 Å². The molecule has 0 heterocycles. The monoisotopic (exact) mass is 610 g/mol. The predicted molar refractivity (Wildman–Crippen MR) is 184 cm³/mol. The molecule has 4 aromatic carbocycles. The number of esters is 2. The van der Waals surface area contributed by atoms with E-state index < -0.39 is 17.4 Å². The van der Waals surface area contributed by atoms with Crippen LogP contribution in [0.4, 0.5) is 0 Å². The molecule has 5 rings (SSSR count). The Bertz CT molecular complexity index is 1430. The zero-order chi connectivity index (χ0) is 28.7. The van der Waals surface area contributed by atoms with Gasteiger partial charge in [-0.2, -0.15) is 0 Å². The van der Waals surface area contributed by atoms with Gasteiger partial charge in [-0.25, -0.2) is 9.59 Å². The van der Waals surface area contributed by atoms with Crippen LogP contribution in [0.3, 0.4) is 0 Å². The summed E-state index contributed by atoms with van der Waals surface area (Å²) in [4.78, 5) is 22.6. The second-order valence-corrected chi connectivity index (χ2v) is 9.33. The van der Waals surface area contributed by atoms with Crippen molar-refractivity contribution in [2.75, 3.05) is 26.4 Å². The summed E-state index contributed by atoms with van der Waals surface area (Å²) in [6, 6.07) is 33.1. The Balaban J connectivity index is 0.00000253. The highest BCUT2D eigenvalue weighted by atomic mass is 16.6. The van der Waals surface area contributed by atoms with Gasteiger partial charge in [-0.1, -0.05) is 116 Å². The molecule has 0 N–H and O–H groups in total. The summed E-state index contributed by atoms with van der Waals surface area (Å²) < 4.78 is 21.6. The van der Waals surface area contributed by atoms with Crippen molar-refractivity contribution >= 4 is 11.9 Å². The lowest BCUT2D eigenvalue weighted by Crippen LogP contribution is -2.28. The third-order valence-electron chi connectivity index (χ3n) is 7.05. The van der Waals surface area contributed by atoms with Gasteiger partial charge in [-0.05, 0) is 57.6 Å². The van der Waals surface area contributed by atoms with E-state index >= 15 is 0 Å². The number of hydrogen-bond acceptors (Lipinski definition) is 6. The minimum absolute atomic E-state index is 0. The molecule has 6 nitrogen and oxygen atoms in total. The van der Waals surface area contributed by atoms with E-state index in [0.717, 1.165) is 23.3 Å². The number of carbonyl (C=O) groups excluding carboxylic acids is 2. The zero-order valence-corrected chi connectivity index (χ0v) is 22.6. The van der Waals surface area contributed by atoms with Gasteiger partial charge in [0.15, 0.2) is 0 Å². The van der Waals surface area contributed by atoms with Crippen LogP contribution in [0, 0.1) is 0 Å². The minimum atomic E-state index is -0.566. The van der Waals surface area contributed by atoms with Gasteiger partial charge in [-0.15, -0.1) is 0 Å². The van der Waals surface area contributed by atoms with Crippen LogP contribution in [0.25, 0.3) is 11.1 Å². The summed E-state index contributed by atoms with van der Waals surface area (Å²) in [6.07, 6.45) is 2.26. The molecular weight excluding hydrogens is 564 g/mol. The Hall–Kier alpha value is -5.10. The fourth-order valence-electron chi connectivity index (χ4n) is 5.35. The lowest BCUT2D eigenvalue weighted by atomic mass is 9.68. The van der Waals surface area contributed by atoms with Crippen LogP contribution < -0.4 is 9.47 Å². The van der Waals surface area contributed by atoms with Gasteiger partial charge in [0.05, 0.1) is 5.41 Å². The van der Waals surface area contributed by atoms with Crippen LogP contribution in [0.5, 0.6) is 11.5 Å². The zero-order valence-electron chi connectivity index (χ0n) is 22.6. The van der Waals surface area contributed by atoms with Crippen molar-refractivity contribution in [3.63, 3.8) is 0 Å². The van der Waals surface area contributed by atoms with Crippen molar-refractivity contribution < 1.29 is 28.5 Å². The standard InChI is InChI=1S/C35H30O6.4CH4/c1-3-33(36)40-23-21-38-27-17-13-25(14-18-27)35(26-15-19-28(20-16-26)39-22-24-41-34(37)4-2)31-11-7-5-9-29(31)30-10-6-8-12-32(30)35;;;;/h3-20H,1-2,21-24H2;4*1H4. The van der Waals surface area contributed by atoms with Gasteiger partial charge >= 0.3 is 11.9 Å². The summed E-state index contributed by atoms with van der Waals surface area (Å²) in [7, 11) is 0. The first-order valence-electron chi connectivity index (χ1n) is 13.3.